The second-order valence-electron chi connectivity index (χ2n) is 6.57. The van der Waals surface area contributed by atoms with Gasteiger partial charge in [-0.3, -0.25) is 9.52 Å². The first kappa shape index (κ1) is 22.4. The number of rotatable bonds is 6. The summed E-state index contributed by atoms with van der Waals surface area (Å²) in [5.74, 6) is -1.08. The molecular weight excluding hydrogens is 498 g/mol. The van der Waals surface area contributed by atoms with Gasteiger partial charge in [-0.25, -0.2) is 9.37 Å². The van der Waals surface area contributed by atoms with E-state index < -0.39 is 21.7 Å². The molecule has 2 aromatic carbocycles. The predicted molar refractivity (Wildman–Crippen MR) is 122 cm³/mol. The number of nitrogens with one attached hydrogen (secondary N) is 2. The Labute approximate surface area is 196 Å². The van der Waals surface area contributed by atoms with Crippen LogP contribution < -0.4 is 10.0 Å². The molecule has 0 aliphatic heterocycles. The van der Waals surface area contributed by atoms with E-state index >= 15 is 0 Å². The van der Waals surface area contributed by atoms with Gasteiger partial charge in [0.05, 0.1) is 27.5 Å². The number of benzene rings is 2. The summed E-state index contributed by atoms with van der Waals surface area (Å²) in [5, 5.41) is 3.17. The van der Waals surface area contributed by atoms with Gasteiger partial charge in [-0.2, -0.15) is 12.8 Å². The molecule has 0 aliphatic rings. The standard InChI is InChI=1S/C20H13Cl2FN4O3S2/c21-12-2-4-14(19(28)25-9-11-1-3-13(23)8-16(11)22)17(7-12)27-32(29,30)20-15-10-26-31-18(15)5-6-24-20/h1-8,10,27H,9H2,(H,25,28). The first-order valence-electron chi connectivity index (χ1n) is 8.98. The van der Waals surface area contributed by atoms with E-state index in [9.17, 15) is 17.6 Å². The van der Waals surface area contributed by atoms with E-state index in [1.165, 1.54) is 42.7 Å². The van der Waals surface area contributed by atoms with E-state index in [1.807, 2.05) is 0 Å². The zero-order valence-corrected chi connectivity index (χ0v) is 19.1. The van der Waals surface area contributed by atoms with Gasteiger partial charge in [0.15, 0.2) is 5.03 Å². The molecule has 2 heterocycles. The fourth-order valence-corrected chi connectivity index (χ4v) is 5.23. The lowest BCUT2D eigenvalue weighted by atomic mass is 10.1. The maximum absolute atomic E-state index is 13.2. The Balaban J connectivity index is 1.62. The van der Waals surface area contributed by atoms with Crippen LogP contribution in [0.25, 0.3) is 10.1 Å². The summed E-state index contributed by atoms with van der Waals surface area (Å²) in [4.78, 5) is 16.8. The number of nitrogens with zero attached hydrogens (tertiary/aromatic N) is 2. The van der Waals surface area contributed by atoms with Crippen LogP contribution in [-0.4, -0.2) is 23.7 Å². The lowest BCUT2D eigenvalue weighted by Crippen LogP contribution is -2.25. The van der Waals surface area contributed by atoms with Crippen molar-refractivity contribution in [1.29, 1.82) is 0 Å². The molecule has 0 bridgehead atoms. The van der Waals surface area contributed by atoms with E-state index in [2.05, 4.69) is 19.4 Å². The van der Waals surface area contributed by atoms with Crippen LogP contribution in [0.2, 0.25) is 10.0 Å². The number of hydrogen-bond donors (Lipinski definition) is 2. The zero-order chi connectivity index (χ0) is 22.9. The molecule has 1 amide bonds. The number of fused-ring (bicyclic) bond motifs is 1. The lowest BCUT2D eigenvalue weighted by Gasteiger charge is -2.14. The molecule has 32 heavy (non-hydrogen) atoms. The largest absolute Gasteiger partial charge is 0.348 e. The number of aromatic nitrogens is 2. The Kier molecular flexibility index (Phi) is 6.29. The van der Waals surface area contributed by atoms with Gasteiger partial charge in [0, 0.05) is 22.8 Å². The molecule has 2 aromatic heterocycles. The van der Waals surface area contributed by atoms with Crippen molar-refractivity contribution in [3.63, 3.8) is 0 Å². The van der Waals surface area contributed by atoms with Crippen molar-refractivity contribution < 1.29 is 17.6 Å². The van der Waals surface area contributed by atoms with Crippen LogP contribution in [0.1, 0.15) is 15.9 Å². The predicted octanol–water partition coefficient (Wildman–Crippen LogP) is 4.87. The van der Waals surface area contributed by atoms with Crippen molar-refractivity contribution >= 4 is 66.4 Å². The summed E-state index contributed by atoms with van der Waals surface area (Å²) >= 11 is 13.2. The van der Waals surface area contributed by atoms with Crippen molar-refractivity contribution in [2.45, 2.75) is 11.6 Å². The Morgan fingerprint density at radius 2 is 1.94 bits per heavy atom. The van der Waals surface area contributed by atoms with E-state index in [-0.39, 0.29) is 32.9 Å². The second-order valence-corrected chi connectivity index (χ2v) is 9.84. The molecule has 0 radical (unpaired) electrons. The average Bonchev–Trinajstić information content (AvgIpc) is 3.21. The van der Waals surface area contributed by atoms with Crippen molar-refractivity contribution in [1.82, 2.24) is 14.7 Å². The van der Waals surface area contributed by atoms with Gasteiger partial charge in [0.25, 0.3) is 15.9 Å². The number of sulfonamides is 1. The molecule has 164 valence electrons. The molecule has 4 aromatic rings. The first-order chi connectivity index (χ1) is 15.2. The van der Waals surface area contributed by atoms with Crippen LogP contribution in [0.3, 0.4) is 0 Å². The minimum atomic E-state index is -4.16. The Morgan fingerprint density at radius 1 is 1.12 bits per heavy atom. The third kappa shape index (κ3) is 4.68. The van der Waals surface area contributed by atoms with Crippen molar-refractivity contribution in [3.05, 3.63) is 81.8 Å². The zero-order valence-electron chi connectivity index (χ0n) is 16.0. The Hall–Kier alpha value is -2.79. The van der Waals surface area contributed by atoms with Gasteiger partial charge in [-0.1, -0.05) is 29.3 Å². The number of pyridine rings is 1. The van der Waals surface area contributed by atoms with Crippen molar-refractivity contribution in [2.75, 3.05) is 4.72 Å². The molecule has 7 nitrogen and oxygen atoms in total. The van der Waals surface area contributed by atoms with Crippen LogP contribution in [0.5, 0.6) is 0 Å². The van der Waals surface area contributed by atoms with Crippen LogP contribution in [0.15, 0.2) is 59.9 Å². The second kappa shape index (κ2) is 8.99. The van der Waals surface area contributed by atoms with E-state index in [4.69, 9.17) is 23.2 Å². The average molecular weight is 511 g/mol. The third-order valence-electron chi connectivity index (χ3n) is 4.43. The quantitative estimate of drug-likeness (QED) is 0.385. The summed E-state index contributed by atoms with van der Waals surface area (Å²) in [6.07, 6.45) is 2.78. The highest BCUT2D eigenvalue weighted by Gasteiger charge is 2.23. The fraction of sp³-hybridized carbons (Fsp3) is 0.0500. The lowest BCUT2D eigenvalue weighted by molar-refractivity contribution is 0.0952. The van der Waals surface area contributed by atoms with Crippen molar-refractivity contribution in [2.24, 2.45) is 0 Å². The monoisotopic (exact) mass is 510 g/mol. The summed E-state index contributed by atoms with van der Waals surface area (Å²) in [6, 6.07) is 9.64. The maximum Gasteiger partial charge on any atom is 0.280 e. The first-order valence-corrected chi connectivity index (χ1v) is 12.0. The van der Waals surface area contributed by atoms with Gasteiger partial charge < -0.3 is 5.32 Å². The normalized spacial score (nSPS) is 11.5. The van der Waals surface area contributed by atoms with Gasteiger partial charge in [0.2, 0.25) is 0 Å². The smallest absolute Gasteiger partial charge is 0.280 e. The number of carbonyl (C=O) groups is 1. The Bertz CT molecular complexity index is 1440. The van der Waals surface area contributed by atoms with E-state index in [0.717, 1.165) is 17.6 Å². The summed E-state index contributed by atoms with van der Waals surface area (Å²) in [6.45, 7) is 0.00813. The number of halogens is 3. The Morgan fingerprint density at radius 3 is 2.72 bits per heavy atom. The highest BCUT2D eigenvalue weighted by atomic mass is 35.5. The molecule has 2 N–H and O–H groups in total. The van der Waals surface area contributed by atoms with Crippen LogP contribution in [0, 0.1) is 5.82 Å². The summed E-state index contributed by atoms with van der Waals surface area (Å²) < 4.78 is 46.3. The van der Waals surface area contributed by atoms with E-state index in [0.29, 0.717) is 15.6 Å². The molecule has 0 saturated heterocycles. The minimum Gasteiger partial charge on any atom is -0.348 e. The SMILES string of the molecule is O=C(NCc1ccc(F)cc1Cl)c1ccc(Cl)cc1NS(=O)(=O)c1nccc2sncc12. The topological polar surface area (TPSA) is 101 Å². The van der Waals surface area contributed by atoms with Crippen LogP contribution >= 0.6 is 34.7 Å². The molecule has 0 fully saturated rings. The summed E-state index contributed by atoms with van der Waals surface area (Å²) in [7, 11) is -4.16. The molecular formula is C20H13Cl2FN4O3S2. The molecule has 0 unspecified atom stereocenters. The molecule has 12 heteroatoms. The number of carbonyl (C=O) groups excluding carboxylic acids is 1. The molecule has 0 spiro atoms. The highest BCUT2D eigenvalue weighted by Crippen LogP contribution is 2.28. The number of hydrogen-bond acceptors (Lipinski definition) is 6. The molecule has 0 atom stereocenters. The third-order valence-corrected chi connectivity index (χ3v) is 7.10. The summed E-state index contributed by atoms with van der Waals surface area (Å²) in [5.41, 5.74) is 0.507. The van der Waals surface area contributed by atoms with Gasteiger partial charge >= 0.3 is 0 Å². The molecule has 4 rings (SSSR count). The molecule has 0 aliphatic carbocycles. The van der Waals surface area contributed by atoms with Crippen LogP contribution in [0.4, 0.5) is 10.1 Å². The van der Waals surface area contributed by atoms with Gasteiger partial charge in [0.1, 0.15) is 5.82 Å². The number of amides is 1. The van der Waals surface area contributed by atoms with Crippen LogP contribution in [-0.2, 0) is 16.6 Å². The van der Waals surface area contributed by atoms with Gasteiger partial charge in [-0.15, -0.1) is 0 Å². The highest BCUT2D eigenvalue weighted by molar-refractivity contribution is 7.92. The fourth-order valence-electron chi connectivity index (χ4n) is 2.91. The van der Waals surface area contributed by atoms with E-state index in [1.54, 1.807) is 6.07 Å². The van der Waals surface area contributed by atoms with Crippen molar-refractivity contribution in [3.8, 4) is 0 Å². The number of anilines is 1. The minimum absolute atomic E-state index is 0.00813. The maximum atomic E-state index is 13.2. The molecule has 0 saturated carbocycles. The van der Waals surface area contributed by atoms with Gasteiger partial charge in [-0.05, 0) is 53.5 Å².